The molecule has 2 aliphatic rings. The van der Waals surface area contributed by atoms with Gasteiger partial charge in [-0.1, -0.05) is 68.3 Å². The molecule has 67 heavy (non-hydrogen) atoms. The molecular formula is C52H64N6O9. The third-order valence-electron chi connectivity index (χ3n) is 13.1. The molecule has 15 heteroatoms. The van der Waals surface area contributed by atoms with Crippen molar-refractivity contribution >= 4 is 35.5 Å². The van der Waals surface area contributed by atoms with Crippen molar-refractivity contribution in [1.29, 1.82) is 0 Å². The molecule has 4 aromatic rings. The Bertz CT molecular complexity index is 2400. The second-order valence-corrected chi connectivity index (χ2v) is 17.9. The van der Waals surface area contributed by atoms with E-state index in [4.69, 9.17) is 5.73 Å². The van der Waals surface area contributed by atoms with Gasteiger partial charge in [-0.3, -0.25) is 24.0 Å². The molecule has 0 spiro atoms. The second kappa shape index (κ2) is 23.1. The van der Waals surface area contributed by atoms with Crippen LogP contribution in [0.25, 0.3) is 22.3 Å². The number of carbonyl (C=O) groups is 6. The zero-order valence-electron chi connectivity index (χ0n) is 38.6. The van der Waals surface area contributed by atoms with Gasteiger partial charge >= 0.3 is 5.97 Å². The van der Waals surface area contributed by atoms with Crippen molar-refractivity contribution < 1.29 is 44.1 Å². The number of phenolic OH excluding ortho intramolecular Hbond substituents is 2. The number of rotatable bonds is 16. The van der Waals surface area contributed by atoms with Crippen LogP contribution in [-0.4, -0.2) is 94.0 Å². The highest BCUT2D eigenvalue weighted by molar-refractivity contribution is 5.97. The summed E-state index contributed by atoms with van der Waals surface area (Å²) in [6.45, 7) is 3.95. The van der Waals surface area contributed by atoms with E-state index >= 15 is 0 Å². The number of amides is 5. The van der Waals surface area contributed by atoms with Crippen LogP contribution in [0.2, 0.25) is 0 Å². The summed E-state index contributed by atoms with van der Waals surface area (Å²) < 4.78 is 0. The number of likely N-dealkylation sites (N-methyl/N-ethyl adjacent to an activating group) is 1. The number of carboxylic acid groups (broad SMARTS) is 1. The molecule has 1 aliphatic heterocycles. The molecule has 1 aliphatic carbocycles. The Kier molecular flexibility index (Phi) is 17.2. The van der Waals surface area contributed by atoms with Gasteiger partial charge in [0, 0.05) is 43.1 Å². The number of nitrogens with zero attached hydrogens (tertiary/aromatic N) is 1. The summed E-state index contributed by atoms with van der Waals surface area (Å²) in [6, 6.07) is 19.3. The summed E-state index contributed by atoms with van der Waals surface area (Å²) in [5.74, 6) is -3.52. The number of fused-ring (bicyclic) bond motifs is 5. The molecule has 1 saturated carbocycles. The monoisotopic (exact) mass is 916 g/mol. The van der Waals surface area contributed by atoms with Gasteiger partial charge in [-0.05, 0) is 134 Å². The summed E-state index contributed by atoms with van der Waals surface area (Å²) in [5.41, 5.74) is 10.5. The number of phenols is 2. The van der Waals surface area contributed by atoms with Gasteiger partial charge in [-0.25, -0.2) is 4.79 Å². The van der Waals surface area contributed by atoms with Crippen LogP contribution in [0.5, 0.6) is 11.5 Å². The Labute approximate surface area is 391 Å². The van der Waals surface area contributed by atoms with Gasteiger partial charge in [0.05, 0.1) is 0 Å². The normalized spacial score (nSPS) is 20.0. The Balaban J connectivity index is 1.12. The molecule has 0 radical (unpaired) electrons. The predicted molar refractivity (Wildman–Crippen MR) is 255 cm³/mol. The lowest BCUT2D eigenvalue weighted by atomic mass is 9.77. The van der Waals surface area contributed by atoms with Gasteiger partial charge in [0.1, 0.15) is 35.7 Å². The number of nitrogens with one attached hydrogen (secondary N) is 4. The summed E-state index contributed by atoms with van der Waals surface area (Å²) in [5, 5.41) is 42.4. The minimum atomic E-state index is -1.44. The number of benzene rings is 4. The molecule has 0 aromatic heterocycles. The smallest absolute Gasteiger partial charge is 0.326 e. The summed E-state index contributed by atoms with van der Waals surface area (Å²) in [4.78, 5) is 81.8. The first kappa shape index (κ1) is 49.7. The lowest BCUT2D eigenvalue weighted by molar-refractivity contribution is -0.144. The molecule has 1 fully saturated rings. The quantitative estimate of drug-likeness (QED) is 0.0604. The number of hydrogen-bond donors (Lipinski definition) is 8. The fraction of sp³-hybridized carbons (Fsp3) is 0.423. The first-order valence-corrected chi connectivity index (χ1v) is 23.4. The van der Waals surface area contributed by atoms with E-state index in [0.29, 0.717) is 36.4 Å². The predicted octanol–water partition coefficient (Wildman–Crippen LogP) is 6.07. The van der Waals surface area contributed by atoms with Crippen molar-refractivity contribution in [2.45, 2.75) is 115 Å². The van der Waals surface area contributed by atoms with E-state index in [1.54, 1.807) is 12.1 Å². The van der Waals surface area contributed by atoms with Crippen LogP contribution in [-0.2, 0) is 30.4 Å². The lowest BCUT2D eigenvalue weighted by Crippen LogP contribution is -2.54. The third kappa shape index (κ3) is 12.8. The van der Waals surface area contributed by atoms with E-state index in [1.165, 1.54) is 94.5 Å². The second-order valence-electron chi connectivity index (χ2n) is 17.9. The summed E-state index contributed by atoms with van der Waals surface area (Å²) >= 11 is 0. The van der Waals surface area contributed by atoms with Crippen LogP contribution in [0.15, 0.2) is 84.9 Å². The van der Waals surface area contributed by atoms with Gasteiger partial charge in [-0.2, -0.15) is 0 Å². The Morgan fingerprint density at radius 3 is 2.07 bits per heavy atom. The molecule has 1 heterocycles. The maximum Gasteiger partial charge on any atom is 0.326 e. The minimum absolute atomic E-state index is 0.0220. The molecule has 15 nitrogen and oxygen atoms in total. The van der Waals surface area contributed by atoms with Crippen LogP contribution in [0.4, 0.5) is 0 Å². The average molecular weight is 917 g/mol. The van der Waals surface area contributed by atoms with Gasteiger partial charge in [-0.15, -0.1) is 0 Å². The van der Waals surface area contributed by atoms with Gasteiger partial charge < -0.3 is 47.2 Å². The van der Waals surface area contributed by atoms with E-state index < -0.39 is 53.8 Å². The first-order valence-electron chi connectivity index (χ1n) is 23.4. The molecule has 6 rings (SSSR count). The molecule has 9 N–H and O–H groups in total. The maximum atomic E-state index is 14.4. The van der Waals surface area contributed by atoms with Crippen molar-refractivity contribution in [3.63, 3.8) is 0 Å². The Hall–Kier alpha value is -6.74. The SMILES string of the molecule is CCC[C@H]1CC[C@H](c2ccc(-c3ccc(C(=O)NCCC(=O)N[C@@H](CCCCN)C(=O)N(C)[C@@H]4C(=O)N[C@@H](C)C(=O)N[C@H](C(=O)O)Cc5ccc(O)c(c5)-c5cc4ccc5O)cc3)cc2)CC1. The van der Waals surface area contributed by atoms with Crippen molar-refractivity contribution in [3.8, 4) is 33.8 Å². The van der Waals surface area contributed by atoms with Crippen LogP contribution in [0.3, 0.4) is 0 Å². The zero-order valence-corrected chi connectivity index (χ0v) is 38.6. The van der Waals surface area contributed by atoms with Gasteiger partial charge in [0.2, 0.25) is 23.6 Å². The highest BCUT2D eigenvalue weighted by atomic mass is 16.4. The van der Waals surface area contributed by atoms with E-state index in [-0.39, 0.29) is 59.9 Å². The average Bonchev–Trinajstić information content (AvgIpc) is 3.32. The van der Waals surface area contributed by atoms with Crippen LogP contribution >= 0.6 is 0 Å². The maximum absolute atomic E-state index is 14.4. The van der Waals surface area contributed by atoms with Crippen LogP contribution < -0.4 is 27.0 Å². The van der Waals surface area contributed by atoms with Crippen molar-refractivity contribution in [3.05, 3.63) is 107 Å². The van der Waals surface area contributed by atoms with Gasteiger partial charge in [0.15, 0.2) is 0 Å². The number of nitrogens with two attached hydrogens (primary N) is 1. The van der Waals surface area contributed by atoms with Crippen molar-refractivity contribution in [1.82, 2.24) is 26.2 Å². The number of carbonyl (C=O) groups excluding carboxylic acids is 5. The molecular weight excluding hydrogens is 853 g/mol. The Morgan fingerprint density at radius 1 is 0.806 bits per heavy atom. The number of hydrogen-bond acceptors (Lipinski definition) is 9. The van der Waals surface area contributed by atoms with E-state index in [2.05, 4.69) is 52.5 Å². The molecule has 0 saturated heterocycles. The highest BCUT2D eigenvalue weighted by Gasteiger charge is 2.36. The van der Waals surface area contributed by atoms with Crippen LogP contribution in [0, 0.1) is 5.92 Å². The number of unbranched alkanes of at least 4 members (excludes halogenated alkanes) is 1. The molecule has 4 atom stereocenters. The van der Waals surface area contributed by atoms with Crippen molar-refractivity contribution in [2.75, 3.05) is 20.1 Å². The van der Waals surface area contributed by atoms with E-state index in [1.807, 2.05) is 12.1 Å². The zero-order chi connectivity index (χ0) is 48.2. The summed E-state index contributed by atoms with van der Waals surface area (Å²) in [7, 11) is 1.37. The largest absolute Gasteiger partial charge is 0.507 e. The fourth-order valence-electron chi connectivity index (χ4n) is 9.24. The molecule has 4 aromatic carbocycles. The molecule has 5 amide bonds. The third-order valence-corrected chi connectivity index (χ3v) is 13.1. The molecule has 356 valence electrons. The van der Waals surface area contributed by atoms with Crippen LogP contribution in [0.1, 0.15) is 117 Å². The summed E-state index contributed by atoms with van der Waals surface area (Å²) in [6.07, 6.45) is 8.47. The van der Waals surface area contributed by atoms with E-state index in [9.17, 15) is 44.1 Å². The number of aliphatic carboxylic acids is 1. The van der Waals surface area contributed by atoms with E-state index in [0.717, 1.165) is 21.9 Å². The lowest BCUT2D eigenvalue weighted by Gasteiger charge is -2.32. The number of aromatic hydroxyl groups is 2. The molecule has 4 bridgehead atoms. The molecule has 0 unspecified atom stereocenters. The topological polar surface area (TPSA) is 240 Å². The fourth-order valence-corrected chi connectivity index (χ4v) is 9.24. The standard InChI is InChI=1S/C52H64N6O9/c1-4-7-32-9-12-34(13-10-32)35-14-16-36(17-15-35)37-18-20-38(21-19-37)49(63)54-27-25-46(61)56-42(8-5-6-26-53)51(65)58(3)47-39-22-24-45(60)41(30-39)40-28-33(11-23-44(40)59)29-43(52(66)67)57-48(62)31(2)55-50(47)64/h11,14-24,28,30-32,34,42-43,47,59-60H,4-10,12-13,25-27,29,53H2,1-3H3,(H,54,63)(H,55,64)(H,56,61)(H,57,62)(H,66,67)/t31-,32-,34-,42-,43-,47-/m0/s1. The highest BCUT2D eigenvalue weighted by Crippen LogP contribution is 2.40. The van der Waals surface area contributed by atoms with Crippen molar-refractivity contribution in [2.24, 2.45) is 11.7 Å². The first-order chi connectivity index (χ1) is 32.2. The minimum Gasteiger partial charge on any atom is -0.507 e. The number of carboxylic acids is 1. The van der Waals surface area contributed by atoms with Gasteiger partial charge in [0.25, 0.3) is 5.91 Å². The Morgan fingerprint density at radius 2 is 1.43 bits per heavy atom.